The summed E-state index contributed by atoms with van der Waals surface area (Å²) in [6.45, 7) is 5.00. The second-order valence-electron chi connectivity index (χ2n) is 10.7. The number of halogens is 1. The Morgan fingerprint density at radius 2 is 1.59 bits per heavy atom. The normalized spacial score (nSPS) is 14.7. The second-order valence-corrected chi connectivity index (χ2v) is 12.9. The van der Waals surface area contributed by atoms with Crippen molar-refractivity contribution in [2.24, 2.45) is 0 Å². The zero-order valence-corrected chi connectivity index (χ0v) is 25.4. The van der Waals surface area contributed by atoms with E-state index < -0.39 is 28.5 Å². The van der Waals surface area contributed by atoms with Crippen molar-refractivity contribution in [2.75, 3.05) is 10.8 Å². The predicted molar refractivity (Wildman–Crippen MR) is 163 cm³/mol. The van der Waals surface area contributed by atoms with E-state index in [1.807, 2.05) is 26.0 Å². The van der Waals surface area contributed by atoms with Gasteiger partial charge in [0.1, 0.15) is 12.6 Å². The highest BCUT2D eigenvalue weighted by Gasteiger charge is 2.34. The summed E-state index contributed by atoms with van der Waals surface area (Å²) < 4.78 is 29.1. The smallest absolute Gasteiger partial charge is 0.264 e. The number of sulfonamides is 1. The summed E-state index contributed by atoms with van der Waals surface area (Å²) in [5, 5.41) is 3.58. The summed E-state index contributed by atoms with van der Waals surface area (Å²) in [6.07, 6.45) is 5.09. The molecule has 1 N–H and O–H groups in total. The molecule has 0 radical (unpaired) electrons. The molecule has 1 saturated carbocycles. The first-order valence-corrected chi connectivity index (χ1v) is 15.9. The molecule has 1 aliphatic carbocycles. The Balaban J connectivity index is 1.71. The van der Waals surface area contributed by atoms with E-state index in [0.29, 0.717) is 16.3 Å². The molecule has 1 fully saturated rings. The van der Waals surface area contributed by atoms with Crippen LogP contribution in [0.1, 0.15) is 55.7 Å². The highest BCUT2D eigenvalue weighted by molar-refractivity contribution is 7.92. The molecule has 0 saturated heterocycles. The summed E-state index contributed by atoms with van der Waals surface area (Å²) in [7, 11) is -4.11. The van der Waals surface area contributed by atoms with Crippen molar-refractivity contribution in [2.45, 2.75) is 76.4 Å². The van der Waals surface area contributed by atoms with Crippen molar-refractivity contribution in [3.05, 3.63) is 94.5 Å². The molecular weight excluding hydrogens is 558 g/mol. The number of carbonyl (C=O) groups excluding carboxylic acids is 2. The molecule has 0 bridgehead atoms. The topological polar surface area (TPSA) is 86.8 Å². The molecule has 0 aliphatic heterocycles. The van der Waals surface area contributed by atoms with Gasteiger partial charge in [0, 0.05) is 17.6 Å². The number of aryl methyl sites for hydroxylation is 1. The van der Waals surface area contributed by atoms with Crippen LogP contribution in [0.3, 0.4) is 0 Å². The molecule has 1 atom stereocenters. The number of nitrogens with one attached hydrogen (secondary N) is 1. The van der Waals surface area contributed by atoms with Crippen LogP contribution in [-0.4, -0.2) is 43.8 Å². The minimum Gasteiger partial charge on any atom is -0.352 e. The van der Waals surface area contributed by atoms with Gasteiger partial charge in [0.2, 0.25) is 11.8 Å². The molecule has 0 heterocycles. The van der Waals surface area contributed by atoms with Gasteiger partial charge in [0.25, 0.3) is 10.0 Å². The van der Waals surface area contributed by atoms with E-state index in [4.69, 9.17) is 11.6 Å². The number of hydrogen-bond donors (Lipinski definition) is 1. The number of anilines is 1. The van der Waals surface area contributed by atoms with Gasteiger partial charge in [-0.15, -0.1) is 0 Å². The first-order chi connectivity index (χ1) is 19.6. The number of carbonyl (C=O) groups is 2. The SMILES string of the molecule is Cc1cccc(N(CC(=O)N(Cc2ccccc2Cl)C(C)C(=O)NC2CCCCC2)S(=O)(=O)c2ccccc2)c1C. The van der Waals surface area contributed by atoms with E-state index in [9.17, 15) is 18.0 Å². The number of hydrogen-bond acceptors (Lipinski definition) is 4. The lowest BCUT2D eigenvalue weighted by Gasteiger charge is -2.34. The van der Waals surface area contributed by atoms with Crippen molar-refractivity contribution in [1.82, 2.24) is 10.2 Å². The average molecular weight is 596 g/mol. The third kappa shape index (κ3) is 7.29. The molecule has 2 amide bonds. The van der Waals surface area contributed by atoms with E-state index in [1.165, 1.54) is 17.0 Å². The fraction of sp³-hybridized carbons (Fsp3) is 0.375. The molecule has 1 aliphatic rings. The lowest BCUT2D eigenvalue weighted by Crippen LogP contribution is -2.53. The first-order valence-electron chi connectivity index (χ1n) is 14.1. The Bertz CT molecular complexity index is 1470. The zero-order chi connectivity index (χ0) is 29.6. The molecule has 3 aromatic carbocycles. The third-order valence-corrected chi connectivity index (χ3v) is 10.0. The Kier molecular flexibility index (Phi) is 10.1. The fourth-order valence-corrected chi connectivity index (χ4v) is 6.89. The van der Waals surface area contributed by atoms with Crippen LogP contribution in [-0.2, 0) is 26.2 Å². The molecular formula is C32H38ClN3O4S. The van der Waals surface area contributed by atoms with E-state index in [-0.39, 0.29) is 23.4 Å². The maximum absolute atomic E-state index is 14.2. The zero-order valence-electron chi connectivity index (χ0n) is 23.8. The summed E-state index contributed by atoms with van der Waals surface area (Å²) in [4.78, 5) is 29.1. The lowest BCUT2D eigenvalue weighted by molar-refractivity contribution is -0.139. The van der Waals surface area contributed by atoms with Gasteiger partial charge in [-0.2, -0.15) is 0 Å². The molecule has 9 heteroatoms. The van der Waals surface area contributed by atoms with Crippen LogP contribution < -0.4 is 9.62 Å². The minimum absolute atomic E-state index is 0.0593. The Labute approximate surface area is 248 Å². The summed E-state index contributed by atoms with van der Waals surface area (Å²) >= 11 is 6.46. The van der Waals surface area contributed by atoms with Gasteiger partial charge in [0.15, 0.2) is 0 Å². The number of nitrogens with zero attached hydrogens (tertiary/aromatic N) is 2. The van der Waals surface area contributed by atoms with E-state index in [1.54, 1.807) is 55.5 Å². The number of benzene rings is 3. The van der Waals surface area contributed by atoms with E-state index >= 15 is 0 Å². The van der Waals surface area contributed by atoms with Crippen LogP contribution in [0, 0.1) is 13.8 Å². The van der Waals surface area contributed by atoms with Crippen LogP contribution in [0.5, 0.6) is 0 Å². The minimum atomic E-state index is -4.11. The Morgan fingerprint density at radius 1 is 0.927 bits per heavy atom. The Hall–Kier alpha value is -3.36. The predicted octanol–water partition coefficient (Wildman–Crippen LogP) is 6.02. The largest absolute Gasteiger partial charge is 0.352 e. The Morgan fingerprint density at radius 3 is 2.27 bits per heavy atom. The molecule has 218 valence electrons. The number of rotatable bonds is 10. The molecule has 3 aromatic rings. The van der Waals surface area contributed by atoms with Gasteiger partial charge in [-0.25, -0.2) is 8.42 Å². The van der Waals surface area contributed by atoms with Crippen LogP contribution >= 0.6 is 11.6 Å². The highest BCUT2D eigenvalue weighted by atomic mass is 35.5. The van der Waals surface area contributed by atoms with E-state index in [2.05, 4.69) is 5.32 Å². The monoisotopic (exact) mass is 595 g/mol. The van der Waals surface area contributed by atoms with Gasteiger partial charge < -0.3 is 10.2 Å². The second kappa shape index (κ2) is 13.5. The average Bonchev–Trinajstić information content (AvgIpc) is 2.97. The summed E-state index contributed by atoms with van der Waals surface area (Å²) in [5.41, 5.74) is 2.74. The van der Waals surface area contributed by atoms with Gasteiger partial charge in [-0.1, -0.05) is 79.4 Å². The van der Waals surface area contributed by atoms with Gasteiger partial charge in [-0.3, -0.25) is 13.9 Å². The standard InChI is InChI=1S/C32H38ClN3O4S/c1-23-13-12-20-30(24(23)2)36(41(39,40)28-17-8-5-9-18-28)22-31(37)35(21-26-14-10-11-19-29(26)33)25(3)32(38)34-27-15-6-4-7-16-27/h5,8-14,17-20,25,27H,4,6-7,15-16,21-22H2,1-3H3,(H,34,38). The third-order valence-electron chi connectivity index (χ3n) is 7.87. The van der Waals surface area contributed by atoms with Crippen LogP contribution in [0.15, 0.2) is 77.7 Å². The molecule has 0 spiro atoms. The molecule has 4 rings (SSSR count). The molecule has 1 unspecified atom stereocenters. The van der Waals surface area contributed by atoms with Crippen molar-refractivity contribution < 1.29 is 18.0 Å². The maximum Gasteiger partial charge on any atom is 0.264 e. The quantitative estimate of drug-likeness (QED) is 0.311. The van der Waals surface area contributed by atoms with Crippen molar-refractivity contribution in [3.8, 4) is 0 Å². The molecule has 0 aromatic heterocycles. The van der Waals surface area contributed by atoms with Crippen molar-refractivity contribution in [3.63, 3.8) is 0 Å². The fourth-order valence-electron chi connectivity index (χ4n) is 5.20. The molecule has 41 heavy (non-hydrogen) atoms. The van der Waals surface area contributed by atoms with Gasteiger partial charge >= 0.3 is 0 Å². The van der Waals surface area contributed by atoms with Crippen molar-refractivity contribution in [1.29, 1.82) is 0 Å². The maximum atomic E-state index is 14.2. The summed E-state index contributed by atoms with van der Waals surface area (Å²) in [6, 6.07) is 19.8. The molecule has 7 nitrogen and oxygen atoms in total. The van der Waals surface area contributed by atoms with E-state index in [0.717, 1.165) is 47.5 Å². The lowest BCUT2D eigenvalue weighted by atomic mass is 9.95. The van der Waals surface area contributed by atoms with Crippen LogP contribution in [0.2, 0.25) is 5.02 Å². The van der Waals surface area contributed by atoms with Crippen LogP contribution in [0.4, 0.5) is 5.69 Å². The van der Waals surface area contributed by atoms with Gasteiger partial charge in [-0.05, 0) is 74.6 Å². The van der Waals surface area contributed by atoms with Crippen LogP contribution in [0.25, 0.3) is 0 Å². The number of amides is 2. The summed E-state index contributed by atoms with van der Waals surface area (Å²) in [5.74, 6) is -0.766. The van der Waals surface area contributed by atoms with Crippen molar-refractivity contribution >= 4 is 39.1 Å². The first kappa shape index (κ1) is 30.6. The highest BCUT2D eigenvalue weighted by Crippen LogP contribution is 2.29. The van der Waals surface area contributed by atoms with Gasteiger partial charge in [0.05, 0.1) is 10.6 Å².